The molecule has 6 nitrogen and oxygen atoms in total. The van der Waals surface area contributed by atoms with Crippen molar-refractivity contribution in [3.05, 3.63) is 47.8 Å². The summed E-state index contributed by atoms with van der Waals surface area (Å²) in [5.41, 5.74) is 2.84. The molecule has 4 rings (SSSR count). The lowest BCUT2D eigenvalue weighted by atomic mass is 9.93. The molecule has 0 radical (unpaired) electrons. The molecular formula is C18H22N4O2S. The summed E-state index contributed by atoms with van der Waals surface area (Å²) in [4.78, 5) is 9.18. The predicted octanol–water partition coefficient (Wildman–Crippen LogP) is 2.45. The average Bonchev–Trinajstić information content (AvgIpc) is 3.18. The predicted molar refractivity (Wildman–Crippen MR) is 96.0 cm³/mol. The van der Waals surface area contributed by atoms with Crippen molar-refractivity contribution in [3.8, 4) is 11.4 Å². The first kappa shape index (κ1) is 16.6. The maximum Gasteiger partial charge on any atom is 0.280 e. The van der Waals surface area contributed by atoms with E-state index in [9.17, 15) is 8.42 Å². The molecule has 1 fully saturated rings. The second kappa shape index (κ2) is 6.82. The van der Waals surface area contributed by atoms with Crippen LogP contribution in [0.2, 0.25) is 0 Å². The van der Waals surface area contributed by atoms with Gasteiger partial charge in [0.2, 0.25) is 0 Å². The molecule has 25 heavy (non-hydrogen) atoms. The molecule has 2 heterocycles. The van der Waals surface area contributed by atoms with Gasteiger partial charge in [-0.3, -0.25) is 0 Å². The normalized spacial score (nSPS) is 21.2. The largest absolute Gasteiger partial charge is 0.280 e. The molecule has 1 aromatic heterocycles. The third-order valence-electron chi connectivity index (χ3n) is 4.91. The topological polar surface area (TPSA) is 75.2 Å². The summed E-state index contributed by atoms with van der Waals surface area (Å²) in [6, 6.07) is 9.62. The van der Waals surface area contributed by atoms with Crippen molar-refractivity contribution in [2.75, 3.05) is 13.1 Å². The van der Waals surface area contributed by atoms with Crippen LogP contribution in [-0.2, 0) is 16.6 Å². The molecule has 1 saturated heterocycles. The maximum absolute atomic E-state index is 12.6. The number of aromatic nitrogens is 2. The quantitative estimate of drug-likeness (QED) is 0.911. The summed E-state index contributed by atoms with van der Waals surface area (Å²) in [6.07, 6.45) is 6.23. The second-order valence-corrected chi connectivity index (χ2v) is 8.34. The fourth-order valence-corrected chi connectivity index (χ4v) is 5.07. The Labute approximate surface area is 148 Å². The number of rotatable bonds is 4. The molecule has 0 saturated carbocycles. The van der Waals surface area contributed by atoms with E-state index in [0.29, 0.717) is 18.9 Å². The standard InChI is InChI=1S/C18H22N4O2S/c23-25(24,22-11-4-5-12-22)21-17-10-6-9-16-15(17)13-19-18(20-16)14-7-2-1-3-8-14/h1-3,7-8,13,17,21H,4-6,9-12H2. The Balaban J connectivity index is 1.60. The van der Waals surface area contributed by atoms with E-state index in [4.69, 9.17) is 4.98 Å². The highest BCUT2D eigenvalue weighted by Gasteiger charge is 2.31. The Kier molecular flexibility index (Phi) is 4.54. The Morgan fingerprint density at radius 1 is 1.08 bits per heavy atom. The second-order valence-electron chi connectivity index (χ2n) is 6.64. The van der Waals surface area contributed by atoms with Crippen molar-refractivity contribution in [2.45, 2.75) is 38.1 Å². The molecule has 0 amide bonds. The van der Waals surface area contributed by atoms with E-state index < -0.39 is 10.2 Å². The van der Waals surface area contributed by atoms with Crippen molar-refractivity contribution in [1.82, 2.24) is 19.0 Å². The minimum atomic E-state index is -3.44. The molecule has 1 atom stereocenters. The molecule has 7 heteroatoms. The van der Waals surface area contributed by atoms with E-state index in [1.807, 2.05) is 30.3 Å². The highest BCUT2D eigenvalue weighted by Crippen LogP contribution is 2.30. The van der Waals surface area contributed by atoms with Gasteiger partial charge >= 0.3 is 0 Å². The fourth-order valence-electron chi connectivity index (χ4n) is 3.58. The van der Waals surface area contributed by atoms with Crippen molar-refractivity contribution >= 4 is 10.2 Å². The Morgan fingerprint density at radius 3 is 2.60 bits per heavy atom. The highest BCUT2D eigenvalue weighted by atomic mass is 32.2. The molecule has 2 aromatic rings. The lowest BCUT2D eigenvalue weighted by Gasteiger charge is -2.27. The van der Waals surface area contributed by atoms with E-state index in [-0.39, 0.29) is 6.04 Å². The molecule has 0 bridgehead atoms. The van der Waals surface area contributed by atoms with E-state index in [2.05, 4.69) is 9.71 Å². The van der Waals surface area contributed by atoms with Crippen LogP contribution in [0.25, 0.3) is 11.4 Å². The van der Waals surface area contributed by atoms with Crippen molar-refractivity contribution in [3.63, 3.8) is 0 Å². The van der Waals surface area contributed by atoms with E-state index in [1.54, 1.807) is 10.5 Å². The number of nitrogens with zero attached hydrogens (tertiary/aromatic N) is 3. The number of fused-ring (bicyclic) bond motifs is 1. The zero-order chi connectivity index (χ0) is 17.3. The van der Waals surface area contributed by atoms with Crippen LogP contribution in [0.5, 0.6) is 0 Å². The average molecular weight is 358 g/mol. The minimum Gasteiger partial charge on any atom is -0.236 e. The molecule has 132 valence electrons. The van der Waals surface area contributed by atoms with Crippen LogP contribution < -0.4 is 4.72 Å². The minimum absolute atomic E-state index is 0.237. The van der Waals surface area contributed by atoms with Crippen molar-refractivity contribution < 1.29 is 8.42 Å². The van der Waals surface area contributed by atoms with E-state index in [0.717, 1.165) is 48.9 Å². The Morgan fingerprint density at radius 2 is 1.84 bits per heavy atom. The van der Waals surface area contributed by atoms with Gasteiger partial charge in [0, 0.05) is 36.1 Å². The first-order chi connectivity index (χ1) is 12.1. The van der Waals surface area contributed by atoms with Gasteiger partial charge in [-0.25, -0.2) is 9.97 Å². The zero-order valence-corrected chi connectivity index (χ0v) is 14.9. The maximum atomic E-state index is 12.6. The van der Waals surface area contributed by atoms with Crippen molar-refractivity contribution in [2.24, 2.45) is 0 Å². The van der Waals surface area contributed by atoms with Crippen LogP contribution in [0.1, 0.15) is 43.0 Å². The Hall–Kier alpha value is -1.83. The lowest BCUT2D eigenvalue weighted by Crippen LogP contribution is -2.41. The summed E-state index contributed by atoms with van der Waals surface area (Å²) in [7, 11) is -3.44. The first-order valence-corrected chi connectivity index (χ1v) is 10.3. The van der Waals surface area contributed by atoms with Gasteiger partial charge in [0.05, 0.1) is 6.04 Å². The first-order valence-electron chi connectivity index (χ1n) is 8.82. The van der Waals surface area contributed by atoms with Crippen LogP contribution in [0.15, 0.2) is 36.5 Å². The van der Waals surface area contributed by atoms with Gasteiger partial charge in [0.25, 0.3) is 10.2 Å². The molecule has 0 spiro atoms. The van der Waals surface area contributed by atoms with E-state index in [1.165, 1.54) is 0 Å². The summed E-state index contributed by atoms with van der Waals surface area (Å²) < 4.78 is 29.6. The third kappa shape index (κ3) is 3.44. The van der Waals surface area contributed by atoms with Crippen LogP contribution in [0.4, 0.5) is 0 Å². The van der Waals surface area contributed by atoms with Gasteiger partial charge in [0.1, 0.15) is 0 Å². The smallest absolute Gasteiger partial charge is 0.236 e. The molecule has 2 aliphatic rings. The Bertz CT molecular complexity index is 849. The SMILES string of the molecule is O=S(=O)(NC1CCCc2nc(-c3ccccc3)ncc21)N1CCCC1. The number of hydrogen-bond acceptors (Lipinski definition) is 4. The van der Waals surface area contributed by atoms with Gasteiger partial charge in [-0.2, -0.15) is 17.4 Å². The number of nitrogens with one attached hydrogen (secondary N) is 1. The summed E-state index contributed by atoms with van der Waals surface area (Å²) in [5.74, 6) is 0.697. The summed E-state index contributed by atoms with van der Waals surface area (Å²) >= 11 is 0. The summed E-state index contributed by atoms with van der Waals surface area (Å²) in [6.45, 7) is 1.22. The molecule has 1 aliphatic carbocycles. The highest BCUT2D eigenvalue weighted by molar-refractivity contribution is 7.87. The third-order valence-corrected chi connectivity index (χ3v) is 6.54. The number of benzene rings is 1. The molecular weight excluding hydrogens is 336 g/mol. The lowest BCUT2D eigenvalue weighted by molar-refractivity contribution is 0.437. The van der Waals surface area contributed by atoms with Crippen LogP contribution in [0.3, 0.4) is 0 Å². The van der Waals surface area contributed by atoms with Gasteiger partial charge in [-0.05, 0) is 32.1 Å². The van der Waals surface area contributed by atoms with Gasteiger partial charge < -0.3 is 0 Å². The molecule has 1 aromatic carbocycles. The van der Waals surface area contributed by atoms with Crippen LogP contribution in [-0.4, -0.2) is 35.8 Å². The zero-order valence-electron chi connectivity index (χ0n) is 14.1. The monoisotopic (exact) mass is 358 g/mol. The van der Waals surface area contributed by atoms with Crippen molar-refractivity contribution in [1.29, 1.82) is 0 Å². The summed E-state index contributed by atoms with van der Waals surface area (Å²) in [5, 5.41) is 0. The van der Waals surface area contributed by atoms with E-state index >= 15 is 0 Å². The molecule has 1 N–H and O–H groups in total. The fraction of sp³-hybridized carbons (Fsp3) is 0.444. The van der Waals surface area contributed by atoms with Gasteiger partial charge in [0.15, 0.2) is 5.82 Å². The molecule has 1 aliphatic heterocycles. The molecule has 1 unspecified atom stereocenters. The number of hydrogen-bond donors (Lipinski definition) is 1. The number of aryl methyl sites for hydroxylation is 1. The van der Waals surface area contributed by atoms with Crippen LogP contribution in [0, 0.1) is 0 Å². The van der Waals surface area contributed by atoms with Gasteiger partial charge in [-0.15, -0.1) is 0 Å². The van der Waals surface area contributed by atoms with Gasteiger partial charge in [-0.1, -0.05) is 30.3 Å². The van der Waals surface area contributed by atoms with Crippen LogP contribution >= 0.6 is 0 Å².